The number of benzene rings is 8. The molecule has 1 N–H and O–H groups in total. The molecule has 1 heterocycles. The van der Waals surface area contributed by atoms with E-state index < -0.39 is 0 Å². The van der Waals surface area contributed by atoms with Crippen LogP contribution in [0, 0.1) is 5.41 Å². The van der Waals surface area contributed by atoms with Gasteiger partial charge in [0, 0.05) is 33.7 Å². The molecule has 0 atom stereocenters. The average molecular weight is 628 g/mol. The van der Waals surface area contributed by atoms with E-state index in [4.69, 9.17) is 19.8 Å². The summed E-state index contributed by atoms with van der Waals surface area (Å²) in [5.41, 5.74) is 6.38. The molecule has 0 saturated carbocycles. The number of hydrogen-bond acceptors (Lipinski definition) is 2. The zero-order valence-corrected chi connectivity index (χ0v) is 26.5. The smallest absolute Gasteiger partial charge is 0.161 e. The predicted molar refractivity (Wildman–Crippen MR) is 206 cm³/mol. The van der Waals surface area contributed by atoms with Crippen molar-refractivity contribution in [1.82, 2.24) is 0 Å². The van der Waals surface area contributed by atoms with Gasteiger partial charge in [-0.3, -0.25) is 5.41 Å². The number of hydrogen-bond donors (Lipinski definition) is 1. The molecule has 0 amide bonds. The Morgan fingerprint density at radius 3 is 1.96 bits per heavy atom. The van der Waals surface area contributed by atoms with E-state index in [9.17, 15) is 0 Å². The maximum atomic E-state index is 9.10. The third-order valence-electron chi connectivity index (χ3n) is 9.25. The molecular formula is C45H29N3O. The number of furan rings is 1. The molecular weight excluding hydrogens is 599 g/mol. The molecule has 0 spiro atoms. The van der Waals surface area contributed by atoms with Crippen LogP contribution >= 0.6 is 0 Å². The van der Waals surface area contributed by atoms with Crippen molar-refractivity contribution in [2.45, 2.75) is 0 Å². The van der Waals surface area contributed by atoms with Crippen LogP contribution in [0.3, 0.4) is 0 Å². The van der Waals surface area contributed by atoms with E-state index in [1.807, 2.05) is 79.0 Å². The highest BCUT2D eigenvalue weighted by molar-refractivity contribution is 6.22. The molecule has 0 aliphatic heterocycles. The molecule has 4 heteroatoms. The minimum atomic E-state index is 0.137. The molecule has 0 radical (unpaired) electrons. The van der Waals surface area contributed by atoms with Gasteiger partial charge in [0.2, 0.25) is 0 Å². The zero-order valence-electron chi connectivity index (χ0n) is 26.5. The number of fused-ring (bicyclic) bond motifs is 7. The Balaban J connectivity index is 1.21. The number of aliphatic imine (C=N–C) groups is 2. The molecule has 0 unspecified atom stereocenters. The van der Waals surface area contributed by atoms with E-state index in [-0.39, 0.29) is 5.84 Å². The fourth-order valence-electron chi connectivity index (χ4n) is 6.77. The van der Waals surface area contributed by atoms with Crippen molar-refractivity contribution < 1.29 is 4.42 Å². The number of nitrogens with one attached hydrogen (secondary N) is 1. The first-order chi connectivity index (χ1) is 24.2. The largest absolute Gasteiger partial charge is 0.456 e. The molecule has 0 fully saturated rings. The molecule has 9 aromatic rings. The van der Waals surface area contributed by atoms with Crippen molar-refractivity contribution in [2.24, 2.45) is 9.98 Å². The summed E-state index contributed by atoms with van der Waals surface area (Å²) in [7, 11) is 0. The number of rotatable bonds is 4. The summed E-state index contributed by atoms with van der Waals surface area (Å²) in [5.74, 6) is 0.587. The van der Waals surface area contributed by atoms with Crippen molar-refractivity contribution >= 4 is 72.1 Å². The summed E-state index contributed by atoms with van der Waals surface area (Å²) in [6.07, 6.45) is 1.92. The lowest BCUT2D eigenvalue weighted by Gasteiger charge is -2.11. The van der Waals surface area contributed by atoms with Crippen molar-refractivity contribution in [3.8, 4) is 11.1 Å². The molecule has 0 saturated heterocycles. The Morgan fingerprint density at radius 2 is 1.12 bits per heavy atom. The van der Waals surface area contributed by atoms with Crippen LogP contribution in [0.25, 0.3) is 65.4 Å². The number of nitrogens with zero attached hydrogens (tertiary/aromatic N) is 2. The maximum absolute atomic E-state index is 9.10. The molecule has 0 bridgehead atoms. The van der Waals surface area contributed by atoms with Gasteiger partial charge in [-0.2, -0.15) is 0 Å². The van der Waals surface area contributed by atoms with Crippen LogP contribution < -0.4 is 0 Å². The highest BCUT2D eigenvalue weighted by Gasteiger charge is 2.13. The van der Waals surface area contributed by atoms with Gasteiger partial charge in [-0.05, 0) is 73.8 Å². The third kappa shape index (κ3) is 5.16. The van der Waals surface area contributed by atoms with Gasteiger partial charge in [0.1, 0.15) is 11.2 Å². The first-order valence-corrected chi connectivity index (χ1v) is 16.3. The Hall–Kier alpha value is -6.65. The summed E-state index contributed by atoms with van der Waals surface area (Å²) < 4.78 is 6.13. The fraction of sp³-hybridized carbons (Fsp3) is 0. The lowest BCUT2D eigenvalue weighted by atomic mass is 9.94. The second-order valence-corrected chi connectivity index (χ2v) is 12.2. The van der Waals surface area contributed by atoms with Crippen molar-refractivity contribution in [3.05, 3.63) is 180 Å². The van der Waals surface area contributed by atoms with E-state index in [0.29, 0.717) is 11.4 Å². The minimum Gasteiger partial charge on any atom is -0.456 e. The molecule has 0 aliphatic rings. The van der Waals surface area contributed by atoms with Crippen molar-refractivity contribution in [3.63, 3.8) is 0 Å². The predicted octanol–water partition coefficient (Wildman–Crippen LogP) is 11.6. The van der Waals surface area contributed by atoms with Crippen LogP contribution in [-0.4, -0.2) is 17.9 Å². The van der Waals surface area contributed by atoms with E-state index in [1.165, 1.54) is 16.2 Å². The van der Waals surface area contributed by atoms with Gasteiger partial charge in [-0.25, -0.2) is 9.98 Å². The molecule has 1 aromatic heterocycles. The molecule has 8 aromatic carbocycles. The zero-order chi connectivity index (χ0) is 32.7. The SMILES string of the molecule is N=C(N=C(N=Cc1c2ccccc2cc2c1ccc1ccccc12)c1ccc2oc3ccccc3c2c1)c1ccc(-c2ccccc2)cc1. The van der Waals surface area contributed by atoms with Gasteiger partial charge in [-0.15, -0.1) is 0 Å². The van der Waals surface area contributed by atoms with E-state index in [2.05, 4.69) is 91.0 Å². The topological polar surface area (TPSA) is 61.7 Å². The highest BCUT2D eigenvalue weighted by atomic mass is 16.3. The summed E-state index contributed by atoms with van der Waals surface area (Å²) in [6.45, 7) is 0. The van der Waals surface area contributed by atoms with Gasteiger partial charge < -0.3 is 4.42 Å². The van der Waals surface area contributed by atoms with Gasteiger partial charge in [0.25, 0.3) is 0 Å². The minimum absolute atomic E-state index is 0.137. The van der Waals surface area contributed by atoms with Crippen LogP contribution in [0.5, 0.6) is 0 Å². The van der Waals surface area contributed by atoms with Crippen LogP contribution in [0.2, 0.25) is 0 Å². The monoisotopic (exact) mass is 627 g/mol. The normalized spacial score (nSPS) is 12.2. The second-order valence-electron chi connectivity index (χ2n) is 12.2. The summed E-state index contributed by atoms with van der Waals surface area (Å²) in [6, 6.07) is 55.8. The maximum Gasteiger partial charge on any atom is 0.161 e. The first kappa shape index (κ1) is 28.6. The van der Waals surface area contributed by atoms with E-state index in [1.54, 1.807) is 0 Å². The highest BCUT2D eigenvalue weighted by Crippen LogP contribution is 2.33. The summed E-state index contributed by atoms with van der Waals surface area (Å²) in [5, 5.41) is 18.1. The van der Waals surface area contributed by atoms with Crippen LogP contribution in [-0.2, 0) is 0 Å². The third-order valence-corrected chi connectivity index (χ3v) is 9.25. The molecule has 4 nitrogen and oxygen atoms in total. The first-order valence-electron chi connectivity index (χ1n) is 16.3. The Kier molecular flexibility index (Phi) is 6.91. The van der Waals surface area contributed by atoms with Gasteiger partial charge in [0.15, 0.2) is 11.7 Å². The molecule has 230 valence electrons. The van der Waals surface area contributed by atoms with Crippen LogP contribution in [0.15, 0.2) is 178 Å². The van der Waals surface area contributed by atoms with Crippen molar-refractivity contribution in [2.75, 3.05) is 0 Å². The van der Waals surface area contributed by atoms with Gasteiger partial charge in [-0.1, -0.05) is 133 Å². The Morgan fingerprint density at radius 1 is 0.469 bits per heavy atom. The molecule has 49 heavy (non-hydrogen) atoms. The molecule has 9 rings (SSSR count). The summed E-state index contributed by atoms with van der Waals surface area (Å²) in [4.78, 5) is 9.99. The standard InChI is InChI=1S/C45H29N3O/c46-44(32-20-18-30(19-21-32)29-10-2-1-3-11-29)48-45(34-23-25-43-40(27-34)38-16-8-9-17-42(38)49-43)47-28-41-36-15-7-5-13-33(36)26-39-35-14-6-4-12-31(35)22-24-37(39)41/h1-28,46H. The van der Waals surface area contributed by atoms with Crippen molar-refractivity contribution in [1.29, 1.82) is 5.41 Å². The van der Waals surface area contributed by atoms with Gasteiger partial charge >= 0.3 is 0 Å². The lowest BCUT2D eigenvalue weighted by Crippen LogP contribution is -2.05. The van der Waals surface area contributed by atoms with Gasteiger partial charge in [0.05, 0.1) is 0 Å². The Labute approximate surface area is 282 Å². The fourth-order valence-corrected chi connectivity index (χ4v) is 6.77. The number of amidine groups is 2. The Bertz CT molecular complexity index is 2770. The van der Waals surface area contributed by atoms with Crippen LogP contribution in [0.4, 0.5) is 0 Å². The molecule has 0 aliphatic carbocycles. The lowest BCUT2D eigenvalue weighted by molar-refractivity contribution is 0.669. The second kappa shape index (κ2) is 11.9. The van der Waals surface area contributed by atoms with E-state index in [0.717, 1.165) is 60.4 Å². The quantitative estimate of drug-likeness (QED) is 0.0897. The average Bonchev–Trinajstić information content (AvgIpc) is 3.54. The summed E-state index contributed by atoms with van der Waals surface area (Å²) >= 11 is 0. The number of para-hydroxylation sites is 1. The van der Waals surface area contributed by atoms with E-state index >= 15 is 0 Å². The van der Waals surface area contributed by atoms with Crippen LogP contribution in [0.1, 0.15) is 16.7 Å².